The number of nitrogens with two attached hydrogens (primary N) is 1. The molecule has 1 aliphatic rings. The Kier molecular flexibility index (Phi) is 8.22. The number of fused-ring (bicyclic) bond motifs is 1. The van der Waals surface area contributed by atoms with E-state index in [1.54, 1.807) is 35.6 Å². The molecule has 0 saturated carbocycles. The first-order valence-corrected chi connectivity index (χ1v) is 14.9. The first kappa shape index (κ1) is 27.8. The maximum atomic E-state index is 12.1. The maximum absolute atomic E-state index is 12.1. The zero-order chi connectivity index (χ0) is 28.3. The number of methoxy groups -OCH3 is 2. The Balaban J connectivity index is 1.41. The van der Waals surface area contributed by atoms with Crippen LogP contribution in [0.3, 0.4) is 0 Å². The van der Waals surface area contributed by atoms with E-state index in [1.807, 2.05) is 37.5 Å². The molecule has 0 radical (unpaired) electrons. The molecule has 40 heavy (non-hydrogen) atoms. The highest BCUT2D eigenvalue weighted by atomic mass is 32.2. The van der Waals surface area contributed by atoms with Crippen molar-refractivity contribution in [1.29, 1.82) is 0 Å². The molecule has 1 unspecified atom stereocenters. The molecule has 0 amide bonds. The Morgan fingerprint density at radius 1 is 1.07 bits per heavy atom. The predicted octanol–water partition coefficient (Wildman–Crippen LogP) is 2.74. The topological polar surface area (TPSA) is 124 Å². The molecule has 0 spiro atoms. The fraction of sp³-hybridized carbons (Fsp3) is 0.357. The van der Waals surface area contributed by atoms with Gasteiger partial charge in [0.1, 0.15) is 11.5 Å². The number of hydrogen-bond donors (Lipinski definition) is 2. The van der Waals surface area contributed by atoms with E-state index in [0.29, 0.717) is 37.2 Å². The normalized spacial score (nSPS) is 16.1. The van der Waals surface area contributed by atoms with Crippen LogP contribution in [0.4, 0.5) is 11.4 Å². The van der Waals surface area contributed by atoms with Crippen molar-refractivity contribution in [3.63, 3.8) is 0 Å². The number of nitrogens with zero attached hydrogens (tertiary/aromatic N) is 6. The van der Waals surface area contributed by atoms with Gasteiger partial charge in [-0.05, 0) is 36.9 Å². The van der Waals surface area contributed by atoms with Crippen LogP contribution in [0.2, 0.25) is 0 Å². The van der Waals surface area contributed by atoms with Crippen LogP contribution in [0.25, 0.3) is 22.3 Å². The van der Waals surface area contributed by atoms with Gasteiger partial charge in [-0.2, -0.15) is 5.10 Å². The van der Waals surface area contributed by atoms with E-state index >= 15 is 0 Å². The molecule has 1 atom stereocenters. The standard InChI is InChI=1S/C28H36N8O3S/c1-34-19-20(17-32-34)28-18-31-26-6-5-22(15-27(26)33-28)36(23-13-24(38-2)16-25(14-23)39-3)12-9-30-21-7-10-35(11-8-21)40(4,29)37/h5-6,13-19,21,30H,4,7-12H2,1-3H3,(H2,29,37). The lowest BCUT2D eigenvalue weighted by Gasteiger charge is -2.33. The summed E-state index contributed by atoms with van der Waals surface area (Å²) in [6.45, 7) is 2.73. The van der Waals surface area contributed by atoms with Crippen LogP contribution >= 0.6 is 0 Å². The van der Waals surface area contributed by atoms with E-state index in [1.165, 1.54) is 0 Å². The van der Waals surface area contributed by atoms with Gasteiger partial charge in [0.25, 0.3) is 0 Å². The SMILES string of the molecule is C=S(N)(=O)N1CCC(NCCN(c2cc(OC)cc(OC)c2)c2ccc3ncc(-c4cnn(C)c4)nc3c2)CC1. The van der Waals surface area contributed by atoms with Gasteiger partial charge in [-0.15, -0.1) is 0 Å². The summed E-state index contributed by atoms with van der Waals surface area (Å²) in [4.78, 5) is 11.7. The minimum atomic E-state index is -2.65. The molecule has 1 fully saturated rings. The molecular formula is C28H36N8O3S. The summed E-state index contributed by atoms with van der Waals surface area (Å²) < 4.78 is 26.7. The second kappa shape index (κ2) is 11.8. The lowest BCUT2D eigenvalue weighted by atomic mass is 10.1. The van der Waals surface area contributed by atoms with E-state index in [2.05, 4.69) is 38.3 Å². The fourth-order valence-electron chi connectivity index (χ4n) is 4.97. The molecule has 3 N–H and O–H groups in total. The molecular weight excluding hydrogens is 528 g/mol. The number of aryl methyl sites for hydroxylation is 1. The van der Waals surface area contributed by atoms with Crippen molar-refractivity contribution in [3.05, 3.63) is 55.0 Å². The summed E-state index contributed by atoms with van der Waals surface area (Å²) >= 11 is 0. The van der Waals surface area contributed by atoms with Crippen molar-refractivity contribution < 1.29 is 13.7 Å². The Morgan fingerprint density at radius 2 is 1.80 bits per heavy atom. The molecule has 1 aliphatic heterocycles. The monoisotopic (exact) mass is 564 g/mol. The van der Waals surface area contributed by atoms with Gasteiger partial charge in [0.05, 0.1) is 53.2 Å². The number of benzene rings is 2. The minimum absolute atomic E-state index is 0.309. The van der Waals surface area contributed by atoms with Crippen molar-refractivity contribution in [1.82, 2.24) is 29.4 Å². The Bertz CT molecular complexity index is 1560. The highest BCUT2D eigenvalue weighted by Gasteiger charge is 2.22. The molecule has 5 rings (SSSR count). The summed E-state index contributed by atoms with van der Waals surface area (Å²) in [7, 11) is 2.52. The molecule has 0 aliphatic carbocycles. The van der Waals surface area contributed by atoms with Crippen LogP contribution in [0.5, 0.6) is 11.5 Å². The van der Waals surface area contributed by atoms with E-state index in [0.717, 1.165) is 53.1 Å². The molecule has 2 aromatic heterocycles. The van der Waals surface area contributed by atoms with E-state index in [4.69, 9.17) is 19.6 Å². The summed E-state index contributed by atoms with van der Waals surface area (Å²) in [5.74, 6) is 5.03. The van der Waals surface area contributed by atoms with Crippen LogP contribution in [0.15, 0.2) is 55.0 Å². The summed E-state index contributed by atoms with van der Waals surface area (Å²) in [5, 5.41) is 13.7. The number of anilines is 2. The summed E-state index contributed by atoms with van der Waals surface area (Å²) in [5.41, 5.74) is 5.18. The molecule has 4 aromatic rings. The molecule has 212 valence electrons. The van der Waals surface area contributed by atoms with Gasteiger partial charge in [-0.25, -0.2) is 18.6 Å². The molecule has 2 aromatic carbocycles. The number of aromatic nitrogens is 4. The molecule has 0 bridgehead atoms. The molecule has 1 saturated heterocycles. The van der Waals surface area contributed by atoms with Gasteiger partial charge in [-0.1, -0.05) is 0 Å². The van der Waals surface area contributed by atoms with E-state index in [9.17, 15) is 4.21 Å². The highest BCUT2D eigenvalue weighted by Crippen LogP contribution is 2.34. The lowest BCUT2D eigenvalue weighted by Crippen LogP contribution is -2.48. The van der Waals surface area contributed by atoms with Crippen molar-refractivity contribution in [3.8, 4) is 22.8 Å². The Labute approximate surface area is 235 Å². The van der Waals surface area contributed by atoms with Gasteiger partial charge < -0.3 is 19.7 Å². The molecule has 11 nitrogen and oxygen atoms in total. The van der Waals surface area contributed by atoms with Crippen LogP contribution < -0.4 is 24.8 Å². The average Bonchev–Trinajstić information content (AvgIpc) is 3.40. The third-order valence-corrected chi connectivity index (χ3v) is 8.38. The quantitative estimate of drug-likeness (QED) is 0.282. The minimum Gasteiger partial charge on any atom is -0.497 e. The third-order valence-electron chi connectivity index (χ3n) is 7.15. The van der Waals surface area contributed by atoms with E-state index < -0.39 is 9.89 Å². The molecule has 12 heteroatoms. The maximum Gasteiger partial charge on any atom is 0.124 e. The summed E-state index contributed by atoms with van der Waals surface area (Å²) in [6, 6.07) is 12.3. The number of ether oxygens (including phenoxy) is 2. The van der Waals surface area contributed by atoms with Crippen molar-refractivity contribution >= 4 is 38.2 Å². The van der Waals surface area contributed by atoms with Crippen molar-refractivity contribution in [2.24, 2.45) is 12.2 Å². The lowest BCUT2D eigenvalue weighted by molar-refractivity contribution is 0.301. The van der Waals surface area contributed by atoms with Crippen LogP contribution in [-0.4, -0.2) is 80.6 Å². The number of hydrogen-bond acceptors (Lipinski definition) is 8. The molecule has 3 heterocycles. The second-order valence-electron chi connectivity index (χ2n) is 9.90. The second-order valence-corrected chi connectivity index (χ2v) is 11.8. The van der Waals surface area contributed by atoms with Crippen molar-refractivity contribution in [2.75, 3.05) is 45.3 Å². The van der Waals surface area contributed by atoms with Gasteiger partial charge in [0.2, 0.25) is 0 Å². The highest BCUT2D eigenvalue weighted by molar-refractivity contribution is 7.96. The first-order valence-electron chi connectivity index (χ1n) is 13.1. The third kappa shape index (κ3) is 6.36. The van der Waals surface area contributed by atoms with Crippen LogP contribution in [0.1, 0.15) is 12.8 Å². The van der Waals surface area contributed by atoms with Crippen LogP contribution in [0, 0.1) is 0 Å². The average molecular weight is 565 g/mol. The largest absolute Gasteiger partial charge is 0.497 e. The van der Waals surface area contributed by atoms with Crippen LogP contribution in [-0.2, 0) is 16.9 Å². The number of rotatable bonds is 10. The van der Waals surface area contributed by atoms with Crippen molar-refractivity contribution in [2.45, 2.75) is 18.9 Å². The van der Waals surface area contributed by atoms with E-state index in [-0.39, 0.29) is 0 Å². The van der Waals surface area contributed by atoms with Gasteiger partial charge >= 0.3 is 0 Å². The zero-order valence-electron chi connectivity index (χ0n) is 23.1. The van der Waals surface area contributed by atoms with Gasteiger partial charge in [0, 0.05) is 80.6 Å². The van der Waals surface area contributed by atoms with Gasteiger partial charge in [-0.3, -0.25) is 9.67 Å². The Hall–Kier alpha value is -3.71. The van der Waals surface area contributed by atoms with Gasteiger partial charge in [0.15, 0.2) is 0 Å². The first-order chi connectivity index (χ1) is 19.2. The zero-order valence-corrected chi connectivity index (χ0v) is 23.9. The Morgan fingerprint density at radius 3 is 2.42 bits per heavy atom. The summed E-state index contributed by atoms with van der Waals surface area (Å²) in [6.07, 6.45) is 7.20. The predicted molar refractivity (Wildman–Crippen MR) is 160 cm³/mol. The number of nitrogens with one attached hydrogen (secondary N) is 1. The number of piperidine rings is 1. The smallest absolute Gasteiger partial charge is 0.124 e. The fourth-order valence-corrected chi connectivity index (χ4v) is 5.79.